The van der Waals surface area contributed by atoms with Gasteiger partial charge < -0.3 is 10.0 Å². The van der Waals surface area contributed by atoms with Crippen LogP contribution < -0.4 is 4.90 Å². The third kappa shape index (κ3) is 3.69. The molecular weight excluding hydrogens is 363 g/mol. The molecule has 1 aromatic heterocycles. The van der Waals surface area contributed by atoms with Crippen LogP contribution in [0.3, 0.4) is 0 Å². The second-order valence-corrected chi connectivity index (χ2v) is 6.97. The number of nitrogens with zero attached hydrogens (tertiary/aromatic N) is 2. The van der Waals surface area contributed by atoms with Gasteiger partial charge in [-0.3, -0.25) is 14.5 Å². The van der Waals surface area contributed by atoms with Crippen molar-refractivity contribution in [1.29, 1.82) is 0 Å². The van der Waals surface area contributed by atoms with Crippen molar-refractivity contribution in [3.63, 3.8) is 0 Å². The lowest BCUT2D eigenvalue weighted by atomic mass is 10.1. The van der Waals surface area contributed by atoms with E-state index >= 15 is 0 Å². The van der Waals surface area contributed by atoms with E-state index in [-0.39, 0.29) is 11.5 Å². The summed E-state index contributed by atoms with van der Waals surface area (Å²) in [5.74, 6) is -1.88. The Morgan fingerprint density at radius 2 is 2.00 bits per heavy atom. The van der Waals surface area contributed by atoms with Gasteiger partial charge in [0.2, 0.25) is 0 Å². The van der Waals surface area contributed by atoms with Crippen LogP contribution in [0.1, 0.15) is 11.3 Å². The molecule has 130 valence electrons. The maximum absolute atomic E-state index is 13.1. The van der Waals surface area contributed by atoms with Crippen molar-refractivity contribution in [2.24, 2.45) is 0 Å². The molecule has 0 spiro atoms. The average molecular weight is 378 g/mol. The van der Waals surface area contributed by atoms with Crippen molar-refractivity contribution in [3.8, 4) is 0 Å². The third-order valence-corrected chi connectivity index (χ3v) is 5.30. The molecule has 0 radical (unpaired) electrons. The lowest BCUT2D eigenvalue weighted by Crippen LogP contribution is -2.38. The molecule has 1 unspecified atom stereocenters. The van der Waals surface area contributed by atoms with Gasteiger partial charge in [-0.2, -0.15) is 0 Å². The van der Waals surface area contributed by atoms with E-state index in [0.717, 1.165) is 4.88 Å². The van der Waals surface area contributed by atoms with E-state index in [9.17, 15) is 14.0 Å². The van der Waals surface area contributed by atoms with Gasteiger partial charge in [-0.1, -0.05) is 6.07 Å². The van der Waals surface area contributed by atoms with Crippen LogP contribution in [0.5, 0.6) is 0 Å². The van der Waals surface area contributed by atoms with Crippen LogP contribution in [0.2, 0.25) is 0 Å². The van der Waals surface area contributed by atoms with Crippen molar-refractivity contribution in [1.82, 2.24) is 4.90 Å². The van der Waals surface area contributed by atoms with Gasteiger partial charge >= 0.3 is 5.97 Å². The number of carbonyl (C=O) groups is 2. The number of amides is 1. The Bertz CT molecular complexity index is 793. The van der Waals surface area contributed by atoms with Crippen LogP contribution in [0, 0.1) is 5.82 Å². The van der Waals surface area contributed by atoms with E-state index in [0.29, 0.717) is 18.7 Å². The van der Waals surface area contributed by atoms with Crippen LogP contribution in [-0.4, -0.2) is 39.6 Å². The smallest absolute Gasteiger partial charge is 0.305 e. The fraction of sp³-hybridized carbons (Fsp3) is 0.235. The molecule has 1 aliphatic heterocycles. The molecule has 25 heavy (non-hydrogen) atoms. The summed E-state index contributed by atoms with van der Waals surface area (Å²) in [5, 5.41) is 11.4. The minimum absolute atomic E-state index is 0.249. The monoisotopic (exact) mass is 378 g/mol. The van der Waals surface area contributed by atoms with Gasteiger partial charge in [0.1, 0.15) is 11.9 Å². The van der Waals surface area contributed by atoms with E-state index in [1.807, 2.05) is 17.5 Å². The number of anilines is 1. The highest BCUT2D eigenvalue weighted by atomic mass is 32.1. The Labute approximate surface area is 153 Å². The number of carboxylic acid groups (broad SMARTS) is 1. The molecule has 8 heteroatoms. The molecule has 2 aromatic rings. The highest BCUT2D eigenvalue weighted by Crippen LogP contribution is 2.27. The topological polar surface area (TPSA) is 60.9 Å². The molecule has 1 atom stereocenters. The molecule has 1 saturated heterocycles. The minimum Gasteiger partial charge on any atom is -0.481 e. The summed E-state index contributed by atoms with van der Waals surface area (Å²) in [7, 11) is 0. The Hall–Kier alpha value is -2.32. The maximum Gasteiger partial charge on any atom is 0.305 e. The lowest BCUT2D eigenvalue weighted by Gasteiger charge is -2.23. The average Bonchev–Trinajstić information content (AvgIpc) is 3.15. The van der Waals surface area contributed by atoms with Gasteiger partial charge in [-0.05, 0) is 54.4 Å². The first-order chi connectivity index (χ1) is 12.0. The van der Waals surface area contributed by atoms with E-state index in [2.05, 4.69) is 0 Å². The predicted octanol–water partition coefficient (Wildman–Crippen LogP) is 2.91. The van der Waals surface area contributed by atoms with E-state index < -0.39 is 23.7 Å². The molecule has 5 nitrogen and oxygen atoms in total. The number of hydrogen-bond acceptors (Lipinski definition) is 4. The molecule has 1 aromatic carbocycles. The summed E-state index contributed by atoms with van der Waals surface area (Å²) in [4.78, 5) is 28.0. The number of thiophene rings is 1. The standard InChI is InChI=1S/C17H15FN2O3S2/c18-11-3-5-12(6-4-11)20-16(23)14(10-15(21)22)19(17(20)24)8-7-13-2-1-9-25-13/h1-6,9,14H,7-8,10H2,(H,21,22). The first kappa shape index (κ1) is 17.5. The van der Waals surface area contributed by atoms with E-state index in [1.165, 1.54) is 29.2 Å². The zero-order chi connectivity index (χ0) is 18.0. The van der Waals surface area contributed by atoms with Crippen LogP contribution in [0.25, 0.3) is 0 Å². The highest BCUT2D eigenvalue weighted by molar-refractivity contribution is 7.80. The first-order valence-electron chi connectivity index (χ1n) is 7.61. The van der Waals surface area contributed by atoms with Crippen LogP contribution in [0.15, 0.2) is 41.8 Å². The number of rotatable bonds is 6. The third-order valence-electron chi connectivity index (χ3n) is 3.95. The molecule has 1 N–H and O–H groups in total. The van der Waals surface area contributed by atoms with Gasteiger partial charge in [-0.15, -0.1) is 11.3 Å². The van der Waals surface area contributed by atoms with Gasteiger partial charge in [-0.25, -0.2) is 4.39 Å². The Morgan fingerprint density at radius 3 is 2.60 bits per heavy atom. The largest absolute Gasteiger partial charge is 0.481 e. The highest BCUT2D eigenvalue weighted by Gasteiger charge is 2.43. The molecule has 0 aliphatic carbocycles. The minimum atomic E-state index is -1.07. The zero-order valence-corrected chi connectivity index (χ0v) is 14.7. The molecule has 0 saturated carbocycles. The van der Waals surface area contributed by atoms with Gasteiger partial charge in [0.15, 0.2) is 5.11 Å². The summed E-state index contributed by atoms with van der Waals surface area (Å²) in [6.45, 7) is 0.445. The number of hydrogen-bond donors (Lipinski definition) is 1. The fourth-order valence-electron chi connectivity index (χ4n) is 2.77. The number of carbonyl (C=O) groups excluding carboxylic acids is 1. The molecule has 3 rings (SSSR count). The van der Waals surface area contributed by atoms with Gasteiger partial charge in [0.05, 0.1) is 12.1 Å². The lowest BCUT2D eigenvalue weighted by molar-refractivity contribution is -0.139. The fourth-order valence-corrected chi connectivity index (χ4v) is 3.88. The number of benzene rings is 1. The normalized spacial score (nSPS) is 17.4. The van der Waals surface area contributed by atoms with Crippen molar-refractivity contribution >= 4 is 46.2 Å². The van der Waals surface area contributed by atoms with Crippen molar-refractivity contribution < 1.29 is 19.1 Å². The molecule has 1 aliphatic rings. The van der Waals surface area contributed by atoms with Gasteiger partial charge in [0, 0.05) is 11.4 Å². The number of aliphatic carboxylic acids is 1. The quantitative estimate of drug-likeness (QED) is 0.784. The predicted molar refractivity (Wildman–Crippen MR) is 97.3 cm³/mol. The van der Waals surface area contributed by atoms with Crippen LogP contribution in [0.4, 0.5) is 10.1 Å². The summed E-state index contributed by atoms with van der Waals surface area (Å²) in [6.07, 6.45) is 0.333. The van der Waals surface area contributed by atoms with Crippen molar-refractivity contribution in [3.05, 3.63) is 52.5 Å². The summed E-state index contributed by atoms with van der Waals surface area (Å²) in [6, 6.07) is 8.47. The van der Waals surface area contributed by atoms with E-state index in [4.69, 9.17) is 17.3 Å². The summed E-state index contributed by atoms with van der Waals surface area (Å²) < 4.78 is 13.1. The van der Waals surface area contributed by atoms with Crippen molar-refractivity contribution in [2.75, 3.05) is 11.4 Å². The second-order valence-electron chi connectivity index (χ2n) is 5.57. The molecular formula is C17H15FN2O3S2. The Kier molecular flexibility index (Phi) is 5.10. The molecule has 1 amide bonds. The number of thiocarbonyl (C=S) groups is 1. The molecule has 1 fully saturated rings. The Morgan fingerprint density at radius 1 is 1.28 bits per heavy atom. The van der Waals surface area contributed by atoms with Gasteiger partial charge in [0.25, 0.3) is 5.91 Å². The number of halogens is 1. The SMILES string of the molecule is O=C(O)CC1C(=O)N(c2ccc(F)cc2)C(=S)N1CCc1cccs1. The van der Waals surface area contributed by atoms with Crippen LogP contribution in [-0.2, 0) is 16.0 Å². The van der Waals surface area contributed by atoms with Crippen molar-refractivity contribution in [2.45, 2.75) is 18.9 Å². The summed E-state index contributed by atoms with van der Waals surface area (Å²) >= 11 is 7.02. The molecule has 2 heterocycles. The summed E-state index contributed by atoms with van der Waals surface area (Å²) in [5.41, 5.74) is 0.436. The number of carboxylic acids is 1. The Balaban J connectivity index is 1.85. The first-order valence-corrected chi connectivity index (χ1v) is 8.90. The van der Waals surface area contributed by atoms with Crippen LogP contribution >= 0.6 is 23.6 Å². The zero-order valence-electron chi connectivity index (χ0n) is 13.1. The van der Waals surface area contributed by atoms with E-state index in [1.54, 1.807) is 16.2 Å². The molecule has 0 bridgehead atoms. The maximum atomic E-state index is 13.1. The second kappa shape index (κ2) is 7.28.